The summed E-state index contributed by atoms with van der Waals surface area (Å²) in [6.45, 7) is 3.98. The second-order valence-corrected chi connectivity index (χ2v) is 3.94. The normalized spacial score (nSPS) is 11.9. The molecule has 2 rings (SSSR count). The van der Waals surface area contributed by atoms with E-state index in [1.165, 1.54) is 0 Å². The Balaban J connectivity index is 2.19. The van der Waals surface area contributed by atoms with Crippen LogP contribution in [0.3, 0.4) is 0 Å². The van der Waals surface area contributed by atoms with E-state index in [2.05, 4.69) is 20.4 Å². The minimum Gasteiger partial charge on any atom is -0.478 e. The van der Waals surface area contributed by atoms with E-state index in [1.54, 1.807) is 25.3 Å². The number of carbonyl (C=O) groups is 1. The lowest BCUT2D eigenvalue weighted by molar-refractivity contribution is 0.187. The molecule has 1 atom stereocenters. The molecular formula is C12H14N4O4. The molecule has 0 aliphatic carbocycles. The average molecular weight is 278 g/mol. The van der Waals surface area contributed by atoms with Crippen LogP contribution in [0.5, 0.6) is 5.88 Å². The lowest BCUT2D eigenvalue weighted by Crippen LogP contribution is -2.24. The van der Waals surface area contributed by atoms with E-state index in [9.17, 15) is 4.79 Å². The molecule has 8 nitrogen and oxygen atoms in total. The van der Waals surface area contributed by atoms with Crippen LogP contribution in [0.2, 0.25) is 0 Å². The number of rotatable bonds is 5. The number of nitrogens with zero attached hydrogens (tertiary/aromatic N) is 3. The zero-order valence-corrected chi connectivity index (χ0v) is 11.0. The zero-order chi connectivity index (χ0) is 14.5. The van der Waals surface area contributed by atoms with Gasteiger partial charge in [0.05, 0.1) is 6.61 Å². The molecule has 0 aromatic carbocycles. The lowest BCUT2D eigenvalue weighted by Gasteiger charge is -2.04. The van der Waals surface area contributed by atoms with Gasteiger partial charge in [0.2, 0.25) is 17.6 Å². The molecule has 1 amide bonds. The first-order valence-electron chi connectivity index (χ1n) is 6.02. The van der Waals surface area contributed by atoms with Crippen LogP contribution in [0, 0.1) is 0 Å². The molecule has 0 bridgehead atoms. The Kier molecular flexibility index (Phi) is 4.14. The van der Waals surface area contributed by atoms with Gasteiger partial charge in [-0.25, -0.2) is 9.78 Å². The summed E-state index contributed by atoms with van der Waals surface area (Å²) in [5, 5.41) is 14.7. The molecule has 0 radical (unpaired) electrons. The summed E-state index contributed by atoms with van der Waals surface area (Å²) in [6, 6.07) is 2.82. The third-order valence-electron chi connectivity index (χ3n) is 2.44. The quantitative estimate of drug-likeness (QED) is 0.858. The highest BCUT2D eigenvalue weighted by Gasteiger charge is 2.17. The van der Waals surface area contributed by atoms with Crippen LogP contribution in [-0.4, -0.2) is 32.9 Å². The van der Waals surface area contributed by atoms with Gasteiger partial charge in [0.15, 0.2) is 0 Å². The Labute approximate surface area is 114 Å². The molecule has 0 spiro atoms. The van der Waals surface area contributed by atoms with Crippen molar-refractivity contribution in [2.75, 3.05) is 6.61 Å². The highest BCUT2D eigenvalue weighted by atomic mass is 16.5. The highest BCUT2D eigenvalue weighted by Crippen LogP contribution is 2.21. The van der Waals surface area contributed by atoms with Crippen molar-refractivity contribution in [3.8, 4) is 17.3 Å². The number of aromatic nitrogens is 3. The number of carboxylic acid groups (broad SMARTS) is 1. The topological polar surface area (TPSA) is 110 Å². The van der Waals surface area contributed by atoms with Gasteiger partial charge in [-0.15, -0.1) is 0 Å². The maximum Gasteiger partial charge on any atom is 0.405 e. The SMILES string of the molecule is CCOc1cc(-c2noc([C@H](C)NC(=O)O)n2)ccn1. The van der Waals surface area contributed by atoms with Crippen molar-refractivity contribution in [3.63, 3.8) is 0 Å². The number of pyridine rings is 1. The monoisotopic (exact) mass is 278 g/mol. The molecule has 0 unspecified atom stereocenters. The van der Waals surface area contributed by atoms with Gasteiger partial charge >= 0.3 is 6.09 Å². The first-order chi connectivity index (χ1) is 9.60. The van der Waals surface area contributed by atoms with Gasteiger partial charge in [-0.05, 0) is 19.9 Å². The fraction of sp³-hybridized carbons (Fsp3) is 0.333. The van der Waals surface area contributed by atoms with Crippen molar-refractivity contribution in [1.29, 1.82) is 0 Å². The molecule has 2 aromatic heterocycles. The molecular weight excluding hydrogens is 264 g/mol. The van der Waals surface area contributed by atoms with E-state index >= 15 is 0 Å². The van der Waals surface area contributed by atoms with Gasteiger partial charge in [0.1, 0.15) is 6.04 Å². The molecule has 2 N–H and O–H groups in total. The van der Waals surface area contributed by atoms with E-state index in [0.29, 0.717) is 23.9 Å². The molecule has 2 heterocycles. The fourth-order valence-corrected chi connectivity index (χ4v) is 1.55. The molecule has 2 aromatic rings. The molecule has 20 heavy (non-hydrogen) atoms. The van der Waals surface area contributed by atoms with Crippen molar-refractivity contribution in [3.05, 3.63) is 24.2 Å². The minimum absolute atomic E-state index is 0.192. The summed E-state index contributed by atoms with van der Waals surface area (Å²) in [4.78, 5) is 18.7. The van der Waals surface area contributed by atoms with Crippen LogP contribution in [0.4, 0.5) is 4.79 Å². The Bertz CT molecular complexity index is 599. The summed E-state index contributed by atoms with van der Waals surface area (Å²) in [6.07, 6.45) is 0.426. The Morgan fingerprint density at radius 3 is 3.10 bits per heavy atom. The largest absolute Gasteiger partial charge is 0.478 e. The fourth-order valence-electron chi connectivity index (χ4n) is 1.55. The molecule has 0 aliphatic rings. The van der Waals surface area contributed by atoms with Gasteiger partial charge in [-0.2, -0.15) is 4.98 Å². The third-order valence-corrected chi connectivity index (χ3v) is 2.44. The standard InChI is InChI=1S/C12H14N4O4/c1-3-19-9-6-8(4-5-13-9)10-15-11(20-16-10)7(2)14-12(17)18/h4-7,14H,3H2,1-2H3,(H,17,18)/t7-/m0/s1. The van der Waals surface area contributed by atoms with Crippen LogP contribution in [0.25, 0.3) is 11.4 Å². The predicted octanol–water partition coefficient (Wildman–Crippen LogP) is 1.86. The second-order valence-electron chi connectivity index (χ2n) is 3.94. The zero-order valence-electron chi connectivity index (χ0n) is 11.0. The van der Waals surface area contributed by atoms with Crippen molar-refractivity contribution in [1.82, 2.24) is 20.4 Å². The maximum atomic E-state index is 10.6. The summed E-state index contributed by atoms with van der Waals surface area (Å²) in [5.41, 5.74) is 0.681. The summed E-state index contributed by atoms with van der Waals surface area (Å²) in [7, 11) is 0. The van der Waals surface area contributed by atoms with Gasteiger partial charge in [-0.1, -0.05) is 5.16 Å². The van der Waals surface area contributed by atoms with E-state index < -0.39 is 12.1 Å². The Morgan fingerprint density at radius 2 is 2.40 bits per heavy atom. The first kappa shape index (κ1) is 13.8. The molecule has 0 saturated heterocycles. The van der Waals surface area contributed by atoms with Gasteiger partial charge in [0.25, 0.3) is 0 Å². The smallest absolute Gasteiger partial charge is 0.405 e. The van der Waals surface area contributed by atoms with E-state index in [-0.39, 0.29) is 5.89 Å². The average Bonchev–Trinajstić information content (AvgIpc) is 2.88. The number of nitrogens with one attached hydrogen (secondary N) is 1. The maximum absolute atomic E-state index is 10.6. The predicted molar refractivity (Wildman–Crippen MR) is 68.3 cm³/mol. The molecule has 0 aliphatic heterocycles. The lowest BCUT2D eigenvalue weighted by atomic mass is 10.2. The number of hydrogen-bond acceptors (Lipinski definition) is 6. The van der Waals surface area contributed by atoms with Gasteiger partial charge in [-0.3, -0.25) is 0 Å². The first-order valence-corrected chi connectivity index (χ1v) is 6.02. The summed E-state index contributed by atoms with van der Waals surface area (Å²) in [5.74, 6) is 1.01. The van der Waals surface area contributed by atoms with Crippen LogP contribution >= 0.6 is 0 Å². The van der Waals surface area contributed by atoms with Crippen molar-refractivity contribution in [2.24, 2.45) is 0 Å². The van der Waals surface area contributed by atoms with Crippen LogP contribution in [-0.2, 0) is 0 Å². The summed E-state index contributed by atoms with van der Waals surface area (Å²) >= 11 is 0. The van der Waals surface area contributed by atoms with E-state index in [0.717, 1.165) is 0 Å². The van der Waals surface area contributed by atoms with Crippen molar-refractivity contribution >= 4 is 6.09 Å². The molecule has 8 heteroatoms. The molecule has 106 valence electrons. The van der Waals surface area contributed by atoms with E-state index in [4.69, 9.17) is 14.4 Å². The van der Waals surface area contributed by atoms with Gasteiger partial charge in [0, 0.05) is 17.8 Å². The molecule has 0 saturated carbocycles. The van der Waals surface area contributed by atoms with Crippen molar-refractivity contribution < 1.29 is 19.2 Å². The third kappa shape index (κ3) is 3.22. The number of amides is 1. The number of hydrogen-bond donors (Lipinski definition) is 2. The van der Waals surface area contributed by atoms with Crippen LogP contribution < -0.4 is 10.1 Å². The Morgan fingerprint density at radius 1 is 1.60 bits per heavy atom. The second kappa shape index (κ2) is 6.00. The van der Waals surface area contributed by atoms with E-state index in [1.807, 2.05) is 6.92 Å². The minimum atomic E-state index is -1.15. The van der Waals surface area contributed by atoms with Crippen molar-refractivity contribution in [2.45, 2.75) is 19.9 Å². The highest BCUT2D eigenvalue weighted by molar-refractivity contribution is 5.65. The van der Waals surface area contributed by atoms with Gasteiger partial charge < -0.3 is 19.7 Å². The summed E-state index contributed by atoms with van der Waals surface area (Å²) < 4.78 is 10.3. The van der Waals surface area contributed by atoms with Crippen LogP contribution in [0.1, 0.15) is 25.8 Å². The van der Waals surface area contributed by atoms with Crippen LogP contribution in [0.15, 0.2) is 22.9 Å². The molecule has 0 fully saturated rings. The number of ether oxygens (including phenoxy) is 1. The Hall–Kier alpha value is -2.64.